The van der Waals surface area contributed by atoms with Crippen LogP contribution >= 0.6 is 24.4 Å². The highest BCUT2D eigenvalue weighted by atomic mass is 32.2. The van der Waals surface area contributed by atoms with Crippen molar-refractivity contribution in [1.82, 2.24) is 0 Å². The van der Waals surface area contributed by atoms with Crippen LogP contribution in [0.3, 0.4) is 0 Å². The number of carbonyl (C=O) groups excluding carboxylic acids is 1. The van der Waals surface area contributed by atoms with E-state index in [1.807, 2.05) is 34.6 Å². The number of rotatable bonds is 5. The molecule has 0 bridgehead atoms. The molecular weight excluding hydrogens is 228 g/mol. The Kier molecular flexibility index (Phi) is 6.30. The molecule has 0 saturated heterocycles. The van der Waals surface area contributed by atoms with Crippen molar-refractivity contribution in [1.29, 1.82) is 0 Å². The highest BCUT2D eigenvalue weighted by Gasteiger charge is 2.30. The molecule has 0 N–H and O–H groups in total. The molecule has 15 heavy (non-hydrogen) atoms. The maximum atomic E-state index is 11.8. The molecule has 2 nitrogen and oxygen atoms in total. The van der Waals surface area contributed by atoms with Crippen LogP contribution in [-0.4, -0.2) is 28.8 Å². The third-order valence-electron chi connectivity index (χ3n) is 1.67. The predicted molar refractivity (Wildman–Crippen MR) is 70.8 cm³/mol. The third kappa shape index (κ3) is 7.25. The Morgan fingerprint density at radius 2 is 1.80 bits per heavy atom. The second-order valence-corrected chi connectivity index (χ2v) is 7.30. The summed E-state index contributed by atoms with van der Waals surface area (Å²) in [6, 6.07) is 0. The van der Waals surface area contributed by atoms with Gasteiger partial charge in [-0.05, 0) is 13.8 Å². The van der Waals surface area contributed by atoms with Gasteiger partial charge in [-0.25, -0.2) is 0 Å². The van der Waals surface area contributed by atoms with Crippen molar-refractivity contribution in [3.63, 3.8) is 0 Å². The lowest BCUT2D eigenvalue weighted by Crippen LogP contribution is -2.29. The van der Waals surface area contributed by atoms with E-state index in [0.29, 0.717) is 19.0 Å². The first-order chi connectivity index (χ1) is 6.69. The van der Waals surface area contributed by atoms with Crippen molar-refractivity contribution < 1.29 is 9.53 Å². The largest absolute Gasteiger partial charge is 0.379 e. The molecular formula is C11H22O2S2. The fraction of sp³-hybridized carbons (Fsp3) is 0.909. The summed E-state index contributed by atoms with van der Waals surface area (Å²) < 4.78 is 5.25. The van der Waals surface area contributed by atoms with Crippen LogP contribution in [0.1, 0.15) is 34.6 Å². The normalized spacial score (nSPS) is 12.9. The van der Waals surface area contributed by atoms with Crippen LogP contribution in [0.5, 0.6) is 0 Å². The van der Waals surface area contributed by atoms with E-state index in [4.69, 9.17) is 4.74 Å². The van der Waals surface area contributed by atoms with Crippen molar-refractivity contribution in [2.75, 3.05) is 19.0 Å². The first-order valence-electron chi connectivity index (χ1n) is 5.11. The second-order valence-electron chi connectivity index (χ2n) is 5.18. The Bertz CT molecular complexity index is 207. The third-order valence-corrected chi connectivity index (χ3v) is 3.32. The fourth-order valence-corrected chi connectivity index (χ4v) is 1.90. The first kappa shape index (κ1) is 15.3. The second kappa shape index (κ2) is 6.16. The monoisotopic (exact) mass is 250 g/mol. The number of ether oxygens (including phenoxy) is 1. The van der Waals surface area contributed by atoms with E-state index in [1.165, 1.54) is 11.8 Å². The standard InChI is InChI=1S/C11H22O2S2/c1-10(2,3)9(12)15-11(4,5)8-13-6-7-14/h14H,6-8H2,1-5H3. The van der Waals surface area contributed by atoms with Crippen molar-refractivity contribution in [3.8, 4) is 0 Å². The van der Waals surface area contributed by atoms with Crippen LogP contribution in [-0.2, 0) is 9.53 Å². The zero-order chi connectivity index (χ0) is 12.1. The lowest BCUT2D eigenvalue weighted by molar-refractivity contribution is -0.117. The van der Waals surface area contributed by atoms with E-state index in [1.54, 1.807) is 0 Å². The number of hydrogen-bond acceptors (Lipinski definition) is 4. The number of thiol groups is 1. The molecule has 0 aromatic carbocycles. The van der Waals surface area contributed by atoms with Gasteiger partial charge in [-0.3, -0.25) is 4.79 Å². The molecule has 0 heterocycles. The van der Waals surface area contributed by atoms with Gasteiger partial charge in [0.25, 0.3) is 0 Å². The maximum Gasteiger partial charge on any atom is 0.194 e. The van der Waals surface area contributed by atoms with Gasteiger partial charge in [0.2, 0.25) is 0 Å². The zero-order valence-corrected chi connectivity index (χ0v) is 12.0. The molecule has 0 aromatic heterocycles. The molecule has 0 aromatic rings. The Hall–Kier alpha value is 0.330. The molecule has 4 heteroatoms. The van der Waals surface area contributed by atoms with E-state index >= 15 is 0 Å². The van der Waals surface area contributed by atoms with Gasteiger partial charge in [0.15, 0.2) is 5.12 Å². The van der Waals surface area contributed by atoms with Crippen molar-refractivity contribution >= 4 is 29.5 Å². The first-order valence-corrected chi connectivity index (χ1v) is 6.56. The van der Waals surface area contributed by atoms with Gasteiger partial charge in [0.1, 0.15) is 0 Å². The van der Waals surface area contributed by atoms with Gasteiger partial charge < -0.3 is 4.74 Å². The molecule has 0 unspecified atom stereocenters. The number of carbonyl (C=O) groups is 1. The van der Waals surface area contributed by atoms with Crippen LogP contribution in [0.15, 0.2) is 0 Å². The van der Waals surface area contributed by atoms with E-state index in [0.717, 1.165) is 0 Å². The lowest BCUT2D eigenvalue weighted by atomic mass is 9.99. The molecule has 0 atom stereocenters. The van der Waals surface area contributed by atoms with Gasteiger partial charge >= 0.3 is 0 Å². The maximum absolute atomic E-state index is 11.8. The molecule has 0 fully saturated rings. The van der Waals surface area contributed by atoms with Crippen LogP contribution in [0.4, 0.5) is 0 Å². The Balaban J connectivity index is 4.08. The van der Waals surface area contributed by atoms with Crippen LogP contribution in [0, 0.1) is 5.41 Å². The van der Waals surface area contributed by atoms with E-state index < -0.39 is 0 Å². The minimum absolute atomic E-state index is 0.159. The molecule has 0 aliphatic rings. The van der Waals surface area contributed by atoms with Crippen LogP contribution in [0.2, 0.25) is 0 Å². The van der Waals surface area contributed by atoms with E-state index in [9.17, 15) is 4.79 Å². The summed E-state index contributed by atoms with van der Waals surface area (Å²) in [5.74, 6) is 0.716. The average Bonchev–Trinajstić information content (AvgIpc) is 2.01. The minimum Gasteiger partial charge on any atom is -0.379 e. The average molecular weight is 250 g/mol. The number of thioether (sulfide) groups is 1. The predicted octanol–water partition coefficient (Wildman–Crippen LogP) is 3.02. The smallest absolute Gasteiger partial charge is 0.194 e. The molecule has 0 saturated carbocycles. The summed E-state index contributed by atoms with van der Waals surface area (Å²) in [6.07, 6.45) is 0. The van der Waals surface area contributed by atoms with Gasteiger partial charge in [0.05, 0.1) is 13.2 Å². The van der Waals surface area contributed by atoms with Gasteiger partial charge in [-0.2, -0.15) is 12.6 Å². The van der Waals surface area contributed by atoms with Crippen LogP contribution in [0.25, 0.3) is 0 Å². The molecule has 0 amide bonds. The van der Waals surface area contributed by atoms with Gasteiger partial charge in [-0.15, -0.1) is 0 Å². The minimum atomic E-state index is -0.286. The quantitative estimate of drug-likeness (QED) is 0.600. The van der Waals surface area contributed by atoms with Gasteiger partial charge in [-0.1, -0.05) is 32.5 Å². The molecule has 0 spiro atoms. The Morgan fingerprint density at radius 1 is 1.27 bits per heavy atom. The van der Waals surface area contributed by atoms with E-state index in [2.05, 4.69) is 12.6 Å². The topological polar surface area (TPSA) is 26.3 Å². The molecule has 0 radical (unpaired) electrons. The van der Waals surface area contributed by atoms with E-state index in [-0.39, 0.29) is 15.3 Å². The lowest BCUT2D eigenvalue weighted by Gasteiger charge is -2.26. The van der Waals surface area contributed by atoms with Crippen molar-refractivity contribution in [3.05, 3.63) is 0 Å². The summed E-state index contributed by atoms with van der Waals surface area (Å²) in [5, 5.41) is 0.210. The molecule has 0 aliphatic heterocycles. The van der Waals surface area contributed by atoms with Crippen LogP contribution < -0.4 is 0 Å². The summed E-state index contributed by atoms with van der Waals surface area (Å²) in [5.41, 5.74) is -0.286. The summed E-state index contributed by atoms with van der Waals surface area (Å²) in [7, 11) is 0. The SMILES string of the molecule is CC(C)(COCCS)SC(=O)C(C)(C)C. The summed E-state index contributed by atoms with van der Waals surface area (Å²) in [4.78, 5) is 11.8. The summed E-state index contributed by atoms with van der Waals surface area (Å²) in [6.45, 7) is 11.1. The summed E-state index contributed by atoms with van der Waals surface area (Å²) >= 11 is 5.44. The highest BCUT2D eigenvalue weighted by molar-refractivity contribution is 8.14. The van der Waals surface area contributed by atoms with Crippen molar-refractivity contribution in [2.45, 2.75) is 39.4 Å². The molecule has 0 rings (SSSR count). The highest BCUT2D eigenvalue weighted by Crippen LogP contribution is 2.32. The Labute approximate surface area is 103 Å². The van der Waals surface area contributed by atoms with Crippen molar-refractivity contribution in [2.24, 2.45) is 5.41 Å². The Morgan fingerprint density at radius 3 is 2.20 bits per heavy atom. The molecule has 0 aliphatic carbocycles. The number of hydrogen-bond donors (Lipinski definition) is 1. The van der Waals surface area contributed by atoms with Gasteiger partial charge in [0, 0.05) is 15.9 Å². The molecule has 90 valence electrons. The zero-order valence-electron chi connectivity index (χ0n) is 10.3. The fourth-order valence-electron chi connectivity index (χ4n) is 0.816.